The molecule has 1 saturated carbocycles. The van der Waals surface area contributed by atoms with Crippen LogP contribution < -0.4 is 5.32 Å². The Kier molecular flexibility index (Phi) is 6.25. The van der Waals surface area contributed by atoms with Crippen molar-refractivity contribution in [2.45, 2.75) is 65.8 Å². The van der Waals surface area contributed by atoms with E-state index >= 15 is 0 Å². The maximum Gasteiger partial charge on any atom is 0.326 e. The molecule has 2 aliphatic rings. The van der Waals surface area contributed by atoms with Crippen molar-refractivity contribution in [3.8, 4) is 0 Å². The molecule has 1 aliphatic carbocycles. The molecule has 0 bridgehead atoms. The number of imide groups is 1. The second-order valence-corrected chi connectivity index (χ2v) is 9.95. The third kappa shape index (κ3) is 4.81. The van der Waals surface area contributed by atoms with Crippen LogP contribution >= 0.6 is 0 Å². The van der Waals surface area contributed by atoms with Crippen LogP contribution in [0.1, 0.15) is 67.9 Å². The second-order valence-electron chi connectivity index (χ2n) is 9.95. The van der Waals surface area contributed by atoms with Crippen molar-refractivity contribution in [1.82, 2.24) is 10.2 Å². The molecule has 1 spiro atoms. The van der Waals surface area contributed by atoms with Gasteiger partial charge < -0.3 is 10.1 Å². The number of Topliss-reactive ketones (excluding diaryl/α,β-unsaturated/α-hetero) is 1. The minimum atomic E-state index is -0.923. The van der Waals surface area contributed by atoms with Gasteiger partial charge in [-0.15, -0.1) is 0 Å². The van der Waals surface area contributed by atoms with Crippen molar-refractivity contribution in [2.75, 3.05) is 13.2 Å². The lowest BCUT2D eigenvalue weighted by Crippen LogP contribution is -2.50. The summed E-state index contributed by atoms with van der Waals surface area (Å²) in [6.07, 6.45) is 2.82. The Morgan fingerprint density at radius 3 is 2.42 bits per heavy atom. The first-order chi connectivity index (χ1) is 14.4. The molecule has 0 unspecified atom stereocenters. The predicted molar refractivity (Wildman–Crippen MR) is 116 cm³/mol. The average Bonchev–Trinajstić information content (AvgIpc) is 2.91. The number of amides is 3. The monoisotopic (exact) mass is 428 g/mol. The number of carbonyl (C=O) groups is 4. The normalized spacial score (nSPS) is 23.8. The van der Waals surface area contributed by atoms with E-state index in [2.05, 4.69) is 26.1 Å². The first kappa shape index (κ1) is 23.0. The van der Waals surface area contributed by atoms with Crippen LogP contribution in [0.25, 0.3) is 0 Å². The number of urea groups is 1. The van der Waals surface area contributed by atoms with Crippen molar-refractivity contribution in [3.05, 3.63) is 34.9 Å². The van der Waals surface area contributed by atoms with Crippen molar-refractivity contribution in [2.24, 2.45) is 11.3 Å². The van der Waals surface area contributed by atoms with Gasteiger partial charge in [0.1, 0.15) is 12.1 Å². The second kappa shape index (κ2) is 8.44. The minimum absolute atomic E-state index is 0.152. The summed E-state index contributed by atoms with van der Waals surface area (Å²) in [6, 6.07) is 4.92. The number of hydrogen-bond donors (Lipinski definition) is 1. The number of benzene rings is 1. The fourth-order valence-electron chi connectivity index (χ4n) is 4.57. The van der Waals surface area contributed by atoms with Crippen LogP contribution in [0.15, 0.2) is 18.2 Å². The van der Waals surface area contributed by atoms with E-state index in [1.165, 1.54) is 0 Å². The molecule has 7 heteroatoms. The van der Waals surface area contributed by atoms with Gasteiger partial charge in [0.15, 0.2) is 6.61 Å². The summed E-state index contributed by atoms with van der Waals surface area (Å²) in [5.41, 5.74) is 1.46. The summed E-state index contributed by atoms with van der Waals surface area (Å²) in [7, 11) is 0. The zero-order chi connectivity index (χ0) is 23.0. The molecule has 3 amide bonds. The van der Waals surface area contributed by atoms with Gasteiger partial charge in [0.25, 0.3) is 5.91 Å². The molecule has 0 aromatic heterocycles. The van der Waals surface area contributed by atoms with E-state index in [-0.39, 0.29) is 17.1 Å². The molecule has 2 fully saturated rings. The summed E-state index contributed by atoms with van der Waals surface area (Å²) < 4.78 is 5.09. The Morgan fingerprint density at radius 2 is 1.81 bits per heavy atom. The topological polar surface area (TPSA) is 92.8 Å². The summed E-state index contributed by atoms with van der Waals surface area (Å²) in [4.78, 5) is 51.0. The molecule has 1 heterocycles. The van der Waals surface area contributed by atoms with Crippen LogP contribution in [0.3, 0.4) is 0 Å². The molecular weight excluding hydrogens is 396 g/mol. The summed E-state index contributed by atoms with van der Waals surface area (Å²) in [5.74, 6) is -0.980. The molecule has 1 saturated heterocycles. The van der Waals surface area contributed by atoms with Gasteiger partial charge in [-0.3, -0.25) is 19.3 Å². The lowest BCUT2D eigenvalue weighted by atomic mass is 9.67. The zero-order valence-corrected chi connectivity index (χ0v) is 19.0. The van der Waals surface area contributed by atoms with Crippen molar-refractivity contribution in [3.63, 3.8) is 0 Å². The number of ether oxygens (including phenoxy) is 1. The predicted octanol–water partition coefficient (Wildman–Crippen LogP) is 3.56. The van der Waals surface area contributed by atoms with Gasteiger partial charge in [0.2, 0.25) is 5.78 Å². The Bertz CT molecular complexity index is 907. The molecule has 31 heavy (non-hydrogen) atoms. The van der Waals surface area contributed by atoms with Crippen molar-refractivity contribution in [1.29, 1.82) is 0 Å². The lowest BCUT2D eigenvalue weighted by Gasteiger charge is -2.40. The number of nitrogens with zero attached hydrogens (tertiary/aromatic N) is 1. The van der Waals surface area contributed by atoms with E-state index in [4.69, 9.17) is 4.74 Å². The number of hydrogen-bond acceptors (Lipinski definition) is 5. The largest absolute Gasteiger partial charge is 0.456 e. The number of rotatable bonds is 5. The van der Waals surface area contributed by atoms with Crippen LogP contribution in [-0.2, 0) is 14.3 Å². The Hall–Kier alpha value is -2.70. The summed E-state index contributed by atoms with van der Waals surface area (Å²) in [6.45, 7) is 9.34. The number of aryl methyl sites for hydroxylation is 2. The average molecular weight is 429 g/mol. The van der Waals surface area contributed by atoms with Crippen LogP contribution in [0.4, 0.5) is 4.79 Å². The highest BCUT2D eigenvalue weighted by atomic mass is 16.5. The quantitative estimate of drug-likeness (QED) is 0.440. The van der Waals surface area contributed by atoms with E-state index in [0.29, 0.717) is 24.3 Å². The smallest absolute Gasteiger partial charge is 0.326 e. The molecule has 1 aromatic carbocycles. The van der Waals surface area contributed by atoms with Crippen molar-refractivity contribution >= 4 is 23.7 Å². The zero-order valence-electron chi connectivity index (χ0n) is 19.0. The van der Waals surface area contributed by atoms with E-state index in [1.54, 1.807) is 6.07 Å². The highest BCUT2D eigenvalue weighted by Crippen LogP contribution is 2.43. The van der Waals surface area contributed by atoms with Crippen LogP contribution in [0.5, 0.6) is 0 Å². The maximum atomic E-state index is 13.0. The Balaban J connectivity index is 1.57. The first-order valence-electron chi connectivity index (χ1n) is 10.8. The molecule has 1 N–H and O–H groups in total. The van der Waals surface area contributed by atoms with Gasteiger partial charge >= 0.3 is 12.0 Å². The van der Waals surface area contributed by atoms with Gasteiger partial charge in [-0.25, -0.2) is 4.79 Å². The molecular formula is C24H32N2O5. The van der Waals surface area contributed by atoms with Gasteiger partial charge in [-0.1, -0.05) is 38.5 Å². The number of ketones is 1. The molecule has 0 radical (unpaired) electrons. The third-order valence-corrected chi connectivity index (χ3v) is 6.65. The SMILES string of the molecule is Cc1ccc(C)c(C(=O)COC(=O)CN2C(=O)NC3(CCC(C(C)(C)C)CC3)C2=O)c1. The molecule has 3 rings (SSSR count). The molecule has 168 valence electrons. The number of nitrogens with one attached hydrogen (secondary N) is 1. The Labute approximate surface area is 183 Å². The molecule has 0 atom stereocenters. The van der Waals surface area contributed by atoms with E-state index < -0.39 is 30.7 Å². The Morgan fingerprint density at radius 1 is 1.16 bits per heavy atom. The lowest BCUT2D eigenvalue weighted by molar-refractivity contribution is -0.147. The highest BCUT2D eigenvalue weighted by Gasteiger charge is 2.53. The standard InChI is InChI=1S/C24H32N2O5/c1-15-6-7-16(2)18(12-15)19(27)14-31-20(28)13-26-21(29)24(25-22(26)30)10-8-17(9-11-24)23(3,4)5/h6-7,12,17H,8-11,13-14H2,1-5H3,(H,25,30). The van der Waals surface area contributed by atoms with Gasteiger partial charge in [-0.2, -0.15) is 0 Å². The fraction of sp³-hybridized carbons (Fsp3) is 0.583. The van der Waals surface area contributed by atoms with Crippen LogP contribution in [0.2, 0.25) is 0 Å². The summed E-state index contributed by atoms with van der Waals surface area (Å²) in [5, 5.41) is 2.81. The maximum absolute atomic E-state index is 13.0. The third-order valence-electron chi connectivity index (χ3n) is 6.65. The first-order valence-corrected chi connectivity index (χ1v) is 10.8. The fourth-order valence-corrected chi connectivity index (χ4v) is 4.57. The minimum Gasteiger partial charge on any atom is -0.456 e. The van der Waals surface area contributed by atoms with Gasteiger partial charge in [0, 0.05) is 5.56 Å². The van der Waals surface area contributed by atoms with Gasteiger partial charge in [0.05, 0.1) is 0 Å². The number of esters is 1. The van der Waals surface area contributed by atoms with E-state index in [9.17, 15) is 19.2 Å². The van der Waals surface area contributed by atoms with Crippen LogP contribution in [0, 0.1) is 25.2 Å². The van der Waals surface area contributed by atoms with Gasteiger partial charge in [-0.05, 0) is 62.5 Å². The summed E-state index contributed by atoms with van der Waals surface area (Å²) >= 11 is 0. The molecule has 1 aliphatic heterocycles. The van der Waals surface area contributed by atoms with Crippen molar-refractivity contribution < 1.29 is 23.9 Å². The van der Waals surface area contributed by atoms with E-state index in [1.807, 2.05) is 26.0 Å². The molecule has 1 aromatic rings. The number of carbonyl (C=O) groups excluding carboxylic acids is 4. The molecule has 7 nitrogen and oxygen atoms in total. The van der Waals surface area contributed by atoms with Crippen LogP contribution in [-0.4, -0.2) is 47.3 Å². The highest BCUT2D eigenvalue weighted by molar-refractivity contribution is 6.09. The van der Waals surface area contributed by atoms with E-state index in [0.717, 1.165) is 28.9 Å².